The fourth-order valence-corrected chi connectivity index (χ4v) is 3.16. The highest BCUT2D eigenvalue weighted by molar-refractivity contribution is 5.14. The summed E-state index contributed by atoms with van der Waals surface area (Å²) in [6, 6.07) is 11.7. The molecule has 0 aliphatic heterocycles. The van der Waals surface area contributed by atoms with Crippen molar-refractivity contribution in [3.8, 4) is 0 Å². The monoisotopic (exact) mass is 260 g/mol. The molecule has 19 heavy (non-hydrogen) atoms. The summed E-state index contributed by atoms with van der Waals surface area (Å²) in [7, 11) is 0. The molecule has 1 aromatic rings. The lowest BCUT2D eigenvalue weighted by atomic mass is 9.84. The van der Waals surface area contributed by atoms with Gasteiger partial charge in [0.1, 0.15) is 0 Å². The quantitative estimate of drug-likeness (QED) is 0.879. The maximum Gasteiger partial charge on any atom is 0.0236 e. The van der Waals surface area contributed by atoms with Crippen LogP contribution in [0.2, 0.25) is 0 Å². The molecule has 1 fully saturated rings. The molecular weight excluding hydrogens is 232 g/mol. The van der Waals surface area contributed by atoms with Crippen LogP contribution in [0.1, 0.15) is 45.6 Å². The molecule has 2 rings (SSSR count). The zero-order chi connectivity index (χ0) is 13.9. The van der Waals surface area contributed by atoms with Crippen LogP contribution in [-0.4, -0.2) is 23.5 Å². The predicted octanol–water partition coefficient (Wildman–Crippen LogP) is 3.41. The van der Waals surface area contributed by atoms with Gasteiger partial charge in [0.05, 0.1) is 0 Å². The van der Waals surface area contributed by atoms with E-state index in [9.17, 15) is 0 Å². The van der Waals surface area contributed by atoms with Gasteiger partial charge < -0.3 is 5.73 Å². The Morgan fingerprint density at radius 1 is 1.32 bits per heavy atom. The van der Waals surface area contributed by atoms with Gasteiger partial charge in [0, 0.05) is 25.2 Å². The maximum atomic E-state index is 6.33. The fourth-order valence-electron chi connectivity index (χ4n) is 3.16. The molecule has 0 radical (unpaired) electrons. The van der Waals surface area contributed by atoms with Crippen molar-refractivity contribution in [1.29, 1.82) is 0 Å². The third-order valence-electron chi connectivity index (χ3n) is 4.68. The van der Waals surface area contributed by atoms with Gasteiger partial charge in [-0.1, -0.05) is 43.7 Å². The van der Waals surface area contributed by atoms with E-state index in [1.54, 1.807) is 0 Å². The van der Waals surface area contributed by atoms with Crippen LogP contribution < -0.4 is 5.73 Å². The normalized spacial score (nSPS) is 27.4. The van der Waals surface area contributed by atoms with E-state index >= 15 is 0 Å². The van der Waals surface area contributed by atoms with E-state index < -0.39 is 0 Å². The second-order valence-corrected chi connectivity index (χ2v) is 6.64. The van der Waals surface area contributed by atoms with E-state index in [4.69, 9.17) is 5.73 Å². The van der Waals surface area contributed by atoms with Crippen molar-refractivity contribution >= 4 is 0 Å². The highest BCUT2D eigenvalue weighted by Gasteiger charge is 2.38. The van der Waals surface area contributed by atoms with Crippen LogP contribution in [0.5, 0.6) is 0 Å². The molecule has 1 aliphatic carbocycles. The van der Waals surface area contributed by atoms with Crippen molar-refractivity contribution in [2.75, 3.05) is 6.54 Å². The van der Waals surface area contributed by atoms with E-state index in [1.807, 2.05) is 0 Å². The molecule has 2 nitrogen and oxygen atoms in total. The van der Waals surface area contributed by atoms with Crippen molar-refractivity contribution in [2.45, 2.75) is 58.7 Å². The first-order valence-corrected chi connectivity index (χ1v) is 7.55. The number of nitrogens with zero attached hydrogens (tertiary/aromatic N) is 1. The molecule has 0 saturated heterocycles. The highest BCUT2D eigenvalue weighted by Crippen LogP contribution is 2.38. The van der Waals surface area contributed by atoms with Crippen molar-refractivity contribution < 1.29 is 0 Å². The third kappa shape index (κ3) is 3.58. The van der Waals surface area contributed by atoms with Crippen molar-refractivity contribution in [3.63, 3.8) is 0 Å². The van der Waals surface area contributed by atoms with Gasteiger partial charge in [0.2, 0.25) is 0 Å². The van der Waals surface area contributed by atoms with Crippen molar-refractivity contribution in [1.82, 2.24) is 4.90 Å². The first-order valence-electron chi connectivity index (χ1n) is 7.55. The Kier molecular flexibility index (Phi) is 4.64. The Morgan fingerprint density at radius 2 is 2.00 bits per heavy atom. The molecule has 2 N–H and O–H groups in total. The van der Waals surface area contributed by atoms with Crippen LogP contribution in [0.3, 0.4) is 0 Å². The Morgan fingerprint density at radius 3 is 2.53 bits per heavy atom. The van der Waals surface area contributed by atoms with E-state index in [0.717, 1.165) is 13.1 Å². The van der Waals surface area contributed by atoms with Gasteiger partial charge in [-0.25, -0.2) is 0 Å². The largest absolute Gasteiger partial charge is 0.327 e. The van der Waals surface area contributed by atoms with E-state index in [-0.39, 0.29) is 0 Å². The van der Waals surface area contributed by atoms with Gasteiger partial charge in [-0.3, -0.25) is 4.90 Å². The first-order chi connectivity index (χ1) is 9.01. The van der Waals surface area contributed by atoms with Crippen molar-refractivity contribution in [3.05, 3.63) is 35.9 Å². The molecule has 0 spiro atoms. The smallest absolute Gasteiger partial charge is 0.0236 e. The summed E-state index contributed by atoms with van der Waals surface area (Å²) in [5, 5.41) is 0. The molecule has 1 aromatic carbocycles. The lowest BCUT2D eigenvalue weighted by Crippen LogP contribution is -2.46. The van der Waals surface area contributed by atoms with Gasteiger partial charge in [-0.05, 0) is 37.7 Å². The summed E-state index contributed by atoms with van der Waals surface area (Å²) >= 11 is 0. The van der Waals surface area contributed by atoms with E-state index in [0.29, 0.717) is 17.5 Å². The molecule has 106 valence electrons. The Labute approximate surface area is 118 Å². The molecule has 2 heteroatoms. The zero-order valence-electron chi connectivity index (χ0n) is 12.6. The minimum absolute atomic E-state index is 0.291. The molecule has 1 saturated carbocycles. The van der Waals surface area contributed by atoms with Gasteiger partial charge in [-0.15, -0.1) is 0 Å². The van der Waals surface area contributed by atoms with Crippen molar-refractivity contribution in [2.24, 2.45) is 11.1 Å². The molecule has 0 aromatic heterocycles. The second-order valence-electron chi connectivity index (χ2n) is 6.64. The second kappa shape index (κ2) is 6.06. The van der Waals surface area contributed by atoms with Crippen LogP contribution in [0, 0.1) is 5.41 Å². The SMILES string of the molecule is CC(C)N(Cc1ccccc1)CC1(C)CCCC1N. The van der Waals surface area contributed by atoms with Crippen LogP contribution in [0.25, 0.3) is 0 Å². The Balaban J connectivity index is 2.04. The topological polar surface area (TPSA) is 29.3 Å². The van der Waals surface area contributed by atoms with E-state index in [2.05, 4.69) is 56.0 Å². The molecule has 0 bridgehead atoms. The number of rotatable bonds is 5. The zero-order valence-corrected chi connectivity index (χ0v) is 12.6. The highest BCUT2D eigenvalue weighted by atomic mass is 15.2. The Hall–Kier alpha value is -0.860. The molecular formula is C17H28N2. The van der Waals surface area contributed by atoms with Crippen LogP contribution in [0.15, 0.2) is 30.3 Å². The maximum absolute atomic E-state index is 6.33. The molecule has 1 aliphatic rings. The summed E-state index contributed by atoms with van der Waals surface area (Å²) in [6.45, 7) is 9.08. The Bertz CT molecular complexity index is 388. The van der Waals surface area contributed by atoms with E-state index in [1.165, 1.54) is 24.8 Å². The minimum atomic E-state index is 0.291. The van der Waals surface area contributed by atoms with Crippen LogP contribution in [0.4, 0.5) is 0 Å². The lowest BCUT2D eigenvalue weighted by Gasteiger charge is -2.37. The molecule has 2 atom stereocenters. The summed E-state index contributed by atoms with van der Waals surface area (Å²) in [5.41, 5.74) is 8.01. The molecule has 0 heterocycles. The lowest BCUT2D eigenvalue weighted by molar-refractivity contribution is 0.118. The summed E-state index contributed by atoms with van der Waals surface area (Å²) in [4.78, 5) is 2.57. The predicted molar refractivity (Wildman–Crippen MR) is 81.9 cm³/mol. The number of nitrogens with two attached hydrogens (primary N) is 1. The third-order valence-corrected chi connectivity index (χ3v) is 4.68. The standard InChI is InChI=1S/C17H28N2/c1-14(2)19(12-15-8-5-4-6-9-15)13-17(3)11-7-10-16(17)18/h4-6,8-9,14,16H,7,10-13,18H2,1-3H3. The van der Waals surface area contributed by atoms with Crippen LogP contribution in [-0.2, 0) is 6.54 Å². The molecule has 2 unspecified atom stereocenters. The molecule has 0 amide bonds. The minimum Gasteiger partial charge on any atom is -0.327 e. The summed E-state index contributed by atoms with van der Waals surface area (Å²) < 4.78 is 0. The average Bonchev–Trinajstić information content (AvgIpc) is 2.70. The van der Waals surface area contributed by atoms with Gasteiger partial charge in [-0.2, -0.15) is 0 Å². The average molecular weight is 260 g/mol. The summed E-state index contributed by atoms with van der Waals surface area (Å²) in [5.74, 6) is 0. The van der Waals surface area contributed by atoms with Gasteiger partial charge in [0.15, 0.2) is 0 Å². The fraction of sp³-hybridized carbons (Fsp3) is 0.647. The number of hydrogen-bond donors (Lipinski definition) is 1. The number of hydrogen-bond acceptors (Lipinski definition) is 2. The number of benzene rings is 1. The summed E-state index contributed by atoms with van der Waals surface area (Å²) in [6.07, 6.45) is 3.74. The van der Waals surface area contributed by atoms with Gasteiger partial charge >= 0.3 is 0 Å². The van der Waals surface area contributed by atoms with Gasteiger partial charge in [0.25, 0.3) is 0 Å². The first kappa shape index (κ1) is 14.5. The van der Waals surface area contributed by atoms with Crippen LogP contribution >= 0.6 is 0 Å².